The van der Waals surface area contributed by atoms with E-state index in [2.05, 4.69) is 21.0 Å². The molecule has 0 aliphatic carbocycles. The van der Waals surface area contributed by atoms with Gasteiger partial charge in [-0.25, -0.2) is 4.79 Å². The van der Waals surface area contributed by atoms with Gasteiger partial charge < -0.3 is 21.1 Å². The number of benzene rings is 1. The van der Waals surface area contributed by atoms with Gasteiger partial charge in [-0.15, -0.1) is 0 Å². The topological polar surface area (TPSA) is 108 Å². The van der Waals surface area contributed by atoms with Crippen molar-refractivity contribution in [3.05, 3.63) is 42.2 Å². The van der Waals surface area contributed by atoms with E-state index in [0.29, 0.717) is 23.5 Å². The second kappa shape index (κ2) is 8.84. The van der Waals surface area contributed by atoms with Crippen molar-refractivity contribution in [3.63, 3.8) is 0 Å². The van der Waals surface area contributed by atoms with Crippen LogP contribution < -0.4 is 16.0 Å². The van der Waals surface area contributed by atoms with E-state index in [1.165, 1.54) is 10.9 Å². The van der Waals surface area contributed by atoms with E-state index in [0.717, 1.165) is 6.42 Å². The van der Waals surface area contributed by atoms with E-state index in [4.69, 9.17) is 5.11 Å². The fourth-order valence-corrected chi connectivity index (χ4v) is 2.06. The Kier molecular flexibility index (Phi) is 6.53. The van der Waals surface area contributed by atoms with E-state index < -0.39 is 6.03 Å². The van der Waals surface area contributed by atoms with E-state index in [-0.39, 0.29) is 18.6 Å². The maximum atomic E-state index is 12.0. The molecule has 0 fully saturated rings. The third kappa shape index (κ3) is 5.61. The average Bonchev–Trinajstić information content (AvgIpc) is 3.02. The smallest absolute Gasteiger partial charge is 0.323 e. The molecule has 8 heteroatoms. The first-order valence-electron chi connectivity index (χ1n) is 8.14. The highest BCUT2D eigenvalue weighted by molar-refractivity contribution is 6.00. The zero-order chi connectivity index (χ0) is 18.2. The molecule has 0 saturated heterocycles. The molecule has 2 aromatic rings. The lowest BCUT2D eigenvalue weighted by Crippen LogP contribution is -2.31. The number of aliphatic hydroxyl groups excluding tert-OH is 1. The molecule has 2 rings (SSSR count). The molecular weight excluding hydrogens is 322 g/mol. The summed E-state index contributed by atoms with van der Waals surface area (Å²) in [5.41, 5.74) is 1.63. The van der Waals surface area contributed by atoms with Crippen LogP contribution in [0.3, 0.4) is 0 Å². The standard InChI is InChI=1S/C17H23N5O3/c1-3-12(2)19-16(24)13-4-6-14(7-5-13)20-17(25)21-15-10-18-22(11-15)8-9-23/h4-7,10-12,23H,3,8-9H2,1-2H3,(H,19,24)(H2,20,21,25). The van der Waals surface area contributed by atoms with Crippen molar-refractivity contribution in [3.8, 4) is 0 Å². The molecule has 3 amide bonds. The van der Waals surface area contributed by atoms with Crippen molar-refractivity contribution >= 4 is 23.3 Å². The summed E-state index contributed by atoms with van der Waals surface area (Å²) in [6.07, 6.45) is 3.98. The first kappa shape index (κ1) is 18.5. The highest BCUT2D eigenvalue weighted by Gasteiger charge is 2.09. The van der Waals surface area contributed by atoms with Gasteiger partial charge in [-0.1, -0.05) is 6.92 Å². The van der Waals surface area contributed by atoms with Crippen LogP contribution in [0.1, 0.15) is 30.6 Å². The molecule has 0 spiro atoms. The van der Waals surface area contributed by atoms with Crippen LogP contribution in [0.15, 0.2) is 36.7 Å². The summed E-state index contributed by atoms with van der Waals surface area (Å²) >= 11 is 0. The quantitative estimate of drug-likeness (QED) is 0.616. The number of aromatic nitrogens is 2. The zero-order valence-corrected chi connectivity index (χ0v) is 14.3. The summed E-state index contributed by atoms with van der Waals surface area (Å²) in [6.45, 7) is 4.29. The molecule has 0 saturated carbocycles. The Hall–Kier alpha value is -2.87. The minimum Gasteiger partial charge on any atom is -0.394 e. The number of anilines is 2. The van der Waals surface area contributed by atoms with Crippen LogP contribution in [0.4, 0.5) is 16.2 Å². The number of nitrogens with zero attached hydrogens (tertiary/aromatic N) is 2. The SMILES string of the molecule is CCC(C)NC(=O)c1ccc(NC(=O)Nc2cnn(CCO)c2)cc1. The molecule has 8 nitrogen and oxygen atoms in total. The molecule has 1 unspecified atom stereocenters. The molecule has 1 atom stereocenters. The Morgan fingerprint density at radius 2 is 1.88 bits per heavy atom. The van der Waals surface area contributed by atoms with Crippen LogP contribution in [0.2, 0.25) is 0 Å². The van der Waals surface area contributed by atoms with Gasteiger partial charge in [-0.2, -0.15) is 5.10 Å². The predicted molar refractivity (Wildman–Crippen MR) is 95.6 cm³/mol. The Balaban J connectivity index is 1.89. The first-order valence-corrected chi connectivity index (χ1v) is 8.14. The molecule has 0 aliphatic rings. The maximum absolute atomic E-state index is 12.0. The van der Waals surface area contributed by atoms with Gasteiger partial charge >= 0.3 is 6.03 Å². The Morgan fingerprint density at radius 1 is 1.20 bits per heavy atom. The van der Waals surface area contributed by atoms with Crippen molar-refractivity contribution in [2.24, 2.45) is 0 Å². The van der Waals surface area contributed by atoms with Gasteiger partial charge in [0.1, 0.15) is 0 Å². The lowest BCUT2D eigenvalue weighted by molar-refractivity contribution is 0.0939. The third-order valence-corrected chi connectivity index (χ3v) is 3.62. The molecule has 134 valence electrons. The van der Waals surface area contributed by atoms with Gasteiger partial charge in [0.2, 0.25) is 0 Å². The first-order chi connectivity index (χ1) is 12.0. The van der Waals surface area contributed by atoms with E-state index in [9.17, 15) is 9.59 Å². The lowest BCUT2D eigenvalue weighted by Gasteiger charge is -2.12. The molecular formula is C17H23N5O3. The van der Waals surface area contributed by atoms with Crippen molar-refractivity contribution < 1.29 is 14.7 Å². The Bertz CT molecular complexity index is 711. The van der Waals surface area contributed by atoms with Crippen LogP contribution >= 0.6 is 0 Å². The highest BCUT2D eigenvalue weighted by Crippen LogP contribution is 2.11. The number of hydrogen-bond donors (Lipinski definition) is 4. The molecule has 1 aromatic heterocycles. The maximum Gasteiger partial charge on any atom is 0.323 e. The molecule has 1 aromatic carbocycles. The van der Waals surface area contributed by atoms with Gasteiger partial charge in [0.15, 0.2) is 0 Å². The minimum atomic E-state index is -0.416. The number of carbonyl (C=O) groups is 2. The number of carbonyl (C=O) groups excluding carboxylic acids is 2. The summed E-state index contributed by atoms with van der Waals surface area (Å²) in [5.74, 6) is -0.137. The fraction of sp³-hybridized carbons (Fsp3) is 0.353. The average molecular weight is 345 g/mol. The summed E-state index contributed by atoms with van der Waals surface area (Å²) in [7, 11) is 0. The van der Waals surface area contributed by atoms with Gasteiger partial charge in [-0.05, 0) is 37.6 Å². The van der Waals surface area contributed by atoms with Gasteiger partial charge in [-0.3, -0.25) is 9.48 Å². The Morgan fingerprint density at radius 3 is 2.52 bits per heavy atom. The zero-order valence-electron chi connectivity index (χ0n) is 14.3. The van der Waals surface area contributed by atoms with Gasteiger partial charge in [0.05, 0.1) is 25.0 Å². The molecule has 0 radical (unpaired) electrons. The van der Waals surface area contributed by atoms with Crippen molar-refractivity contribution in [1.29, 1.82) is 0 Å². The van der Waals surface area contributed by atoms with Crippen molar-refractivity contribution in [2.75, 3.05) is 17.2 Å². The van der Waals surface area contributed by atoms with E-state index in [1.807, 2.05) is 13.8 Å². The number of aliphatic hydroxyl groups is 1. The van der Waals surface area contributed by atoms with Crippen LogP contribution in [0.5, 0.6) is 0 Å². The molecule has 4 N–H and O–H groups in total. The lowest BCUT2D eigenvalue weighted by atomic mass is 10.1. The third-order valence-electron chi connectivity index (χ3n) is 3.62. The fourth-order valence-electron chi connectivity index (χ4n) is 2.06. The molecule has 0 aliphatic heterocycles. The summed E-state index contributed by atoms with van der Waals surface area (Å²) in [6, 6.07) is 6.35. The van der Waals surface area contributed by atoms with Crippen LogP contribution in [-0.2, 0) is 6.54 Å². The summed E-state index contributed by atoms with van der Waals surface area (Å²) in [4.78, 5) is 24.0. The normalized spacial score (nSPS) is 11.6. The van der Waals surface area contributed by atoms with E-state index >= 15 is 0 Å². The predicted octanol–water partition coefficient (Wildman–Crippen LogP) is 2.05. The molecule has 1 heterocycles. The Labute approximate surface area is 146 Å². The highest BCUT2D eigenvalue weighted by atomic mass is 16.3. The van der Waals surface area contributed by atoms with Gasteiger partial charge in [0.25, 0.3) is 5.91 Å². The number of urea groups is 1. The second-order valence-corrected chi connectivity index (χ2v) is 5.65. The molecule has 0 bridgehead atoms. The number of hydrogen-bond acceptors (Lipinski definition) is 4. The molecule has 25 heavy (non-hydrogen) atoms. The monoisotopic (exact) mass is 345 g/mol. The second-order valence-electron chi connectivity index (χ2n) is 5.65. The minimum absolute atomic E-state index is 0.0235. The van der Waals surface area contributed by atoms with E-state index in [1.54, 1.807) is 30.5 Å². The van der Waals surface area contributed by atoms with Gasteiger partial charge in [0, 0.05) is 23.5 Å². The summed E-state index contributed by atoms with van der Waals surface area (Å²) < 4.78 is 1.53. The number of amides is 3. The van der Waals surface area contributed by atoms with Crippen molar-refractivity contribution in [2.45, 2.75) is 32.9 Å². The number of rotatable bonds is 7. The van der Waals surface area contributed by atoms with Crippen LogP contribution in [0, 0.1) is 0 Å². The van der Waals surface area contributed by atoms with Crippen molar-refractivity contribution in [1.82, 2.24) is 15.1 Å². The van der Waals surface area contributed by atoms with Crippen LogP contribution in [0.25, 0.3) is 0 Å². The summed E-state index contributed by atoms with van der Waals surface area (Å²) in [5, 5.41) is 21.1. The largest absolute Gasteiger partial charge is 0.394 e. The number of nitrogens with one attached hydrogen (secondary N) is 3. The van der Waals surface area contributed by atoms with Crippen LogP contribution in [-0.4, -0.2) is 39.5 Å².